The molecule has 8 heterocycles. The molecule has 2 N–H and O–H groups in total. The zero-order valence-corrected chi connectivity index (χ0v) is 40.8. The molecule has 370 valence electrons. The topological polar surface area (TPSA) is 234 Å². The summed E-state index contributed by atoms with van der Waals surface area (Å²) in [5.41, 5.74) is 7.90. The van der Waals surface area contributed by atoms with Gasteiger partial charge in [0.25, 0.3) is 0 Å². The van der Waals surface area contributed by atoms with E-state index in [9.17, 15) is 19.2 Å². The fourth-order valence-electron chi connectivity index (χ4n) is 9.75. The van der Waals surface area contributed by atoms with E-state index in [-0.39, 0.29) is 29.0 Å². The van der Waals surface area contributed by atoms with Crippen LogP contribution in [-0.4, -0.2) is 87.6 Å². The number of imidazole rings is 2. The lowest BCUT2D eigenvalue weighted by Crippen LogP contribution is -2.39. The Morgan fingerprint density at radius 3 is 1.39 bits per heavy atom. The predicted molar refractivity (Wildman–Crippen MR) is 272 cm³/mol. The minimum atomic E-state index is -0.538. The van der Waals surface area contributed by atoms with Crippen molar-refractivity contribution in [1.29, 1.82) is 0 Å². The third-order valence-corrected chi connectivity index (χ3v) is 13.2. The largest absolute Gasteiger partial charge is 0.496 e. The van der Waals surface area contributed by atoms with E-state index in [1.54, 1.807) is 60.3 Å². The summed E-state index contributed by atoms with van der Waals surface area (Å²) in [7, 11) is 3.13. The molecule has 0 radical (unpaired) electrons. The number of fused-ring (bicyclic) bond motifs is 6. The molecular weight excluding hydrogens is 921 g/mol. The SMILES string of the molecule is COc1cc2c(cc1-c1c(C)noc1C)ncc1c2n(C(C)c2ccccn2)c(=O)n1CC(=O)NCCNC(=O)Cn1c(=O)n(C(C)c2ccccn2)c2c3cc(OC)c(-c4c(C)noc4C)cc3ncc21.[HH].[HH]. The maximum absolute atomic E-state index is 14.5. The Hall–Kier alpha value is -8.94. The number of carbonyl (C=O) groups excluding carboxylic acids is 2. The van der Waals surface area contributed by atoms with Gasteiger partial charge in [-0.05, 0) is 90.1 Å². The molecule has 72 heavy (non-hydrogen) atoms. The monoisotopic (exact) mass is 974 g/mol. The maximum Gasteiger partial charge on any atom is 0.330 e. The van der Waals surface area contributed by atoms with Crippen LogP contribution < -0.4 is 31.5 Å². The maximum atomic E-state index is 14.5. The molecule has 2 atom stereocenters. The Labute approximate surface area is 413 Å². The van der Waals surface area contributed by atoms with Gasteiger partial charge in [0.2, 0.25) is 11.8 Å². The van der Waals surface area contributed by atoms with Gasteiger partial charge in [-0.1, -0.05) is 22.4 Å². The number of nitrogens with zero attached hydrogens (tertiary/aromatic N) is 10. The molecule has 20 heteroatoms. The van der Waals surface area contributed by atoms with Crippen molar-refractivity contribution >= 4 is 55.7 Å². The van der Waals surface area contributed by atoms with E-state index < -0.39 is 35.3 Å². The summed E-state index contributed by atoms with van der Waals surface area (Å²) in [6.07, 6.45) is 6.49. The molecule has 0 aliphatic carbocycles. The molecule has 0 bridgehead atoms. The van der Waals surface area contributed by atoms with Gasteiger partial charge in [0, 0.05) is 50.2 Å². The summed E-state index contributed by atoms with van der Waals surface area (Å²) < 4.78 is 28.7. The van der Waals surface area contributed by atoms with Crippen LogP contribution in [0.2, 0.25) is 0 Å². The van der Waals surface area contributed by atoms with E-state index in [2.05, 4.69) is 30.9 Å². The summed E-state index contributed by atoms with van der Waals surface area (Å²) in [6, 6.07) is 17.3. The summed E-state index contributed by atoms with van der Waals surface area (Å²) in [5.74, 6) is 1.33. The summed E-state index contributed by atoms with van der Waals surface area (Å²) in [6.45, 7) is 10.5. The average Bonchev–Trinajstić information content (AvgIpc) is 4.09. The zero-order chi connectivity index (χ0) is 50.5. The highest BCUT2D eigenvalue weighted by molar-refractivity contribution is 6.06. The summed E-state index contributed by atoms with van der Waals surface area (Å²) in [4.78, 5) is 75.1. The molecule has 0 saturated heterocycles. The van der Waals surface area contributed by atoms with Crippen LogP contribution in [0.4, 0.5) is 0 Å². The van der Waals surface area contributed by atoms with Crippen LogP contribution in [0.15, 0.2) is 104 Å². The minimum Gasteiger partial charge on any atom is -0.496 e. The number of benzene rings is 2. The van der Waals surface area contributed by atoms with E-state index >= 15 is 0 Å². The zero-order valence-electron chi connectivity index (χ0n) is 40.8. The highest BCUT2D eigenvalue weighted by Crippen LogP contribution is 2.41. The van der Waals surface area contributed by atoms with Gasteiger partial charge in [-0.15, -0.1) is 0 Å². The first-order valence-electron chi connectivity index (χ1n) is 23.2. The Kier molecular flexibility index (Phi) is 12.2. The van der Waals surface area contributed by atoms with Crippen molar-refractivity contribution in [3.63, 3.8) is 0 Å². The Morgan fingerprint density at radius 2 is 1.04 bits per heavy atom. The first kappa shape index (κ1) is 46.8. The van der Waals surface area contributed by atoms with Gasteiger partial charge in [0.15, 0.2) is 0 Å². The molecule has 0 aliphatic rings. The Morgan fingerprint density at radius 1 is 0.625 bits per heavy atom. The van der Waals surface area contributed by atoms with Gasteiger partial charge in [-0.3, -0.25) is 47.8 Å². The second-order valence-electron chi connectivity index (χ2n) is 17.6. The van der Waals surface area contributed by atoms with Gasteiger partial charge < -0.3 is 29.2 Å². The second kappa shape index (κ2) is 18.8. The molecule has 10 rings (SSSR count). The molecule has 10 aromatic rings. The number of aromatic nitrogens is 10. The number of hydrogen-bond acceptors (Lipinski definition) is 14. The van der Waals surface area contributed by atoms with Crippen LogP contribution in [-0.2, 0) is 22.7 Å². The van der Waals surface area contributed by atoms with Crippen molar-refractivity contribution in [1.82, 2.24) is 59.2 Å². The molecular formula is C52H54N12O8. The quantitative estimate of drug-likeness (QED) is 0.0984. The molecule has 2 aromatic carbocycles. The number of ether oxygens (including phenoxy) is 2. The standard InChI is InChI=1S/C52H50N12O8.2H2/c1-27-47(31(5)71-59-27)35-19-39-33(21-43(35)69-7)49-41(23-57-39)61(51(67)63(49)29(3)37-13-9-11-15-53-37)25-45(65)55-17-18-56-46(66)26-62-42-24-58-40-20-36(48-28(2)60-72-32(48)6)44(70-8)22-34(40)50(42)64(52(62)68)30(4)38-14-10-12-16-54-38;;/h9-16,19-24,29-30H,17-18,25-26H2,1-8H3,(H,55,65)(H,56,66);2*1H. The molecule has 0 aliphatic heterocycles. The number of aryl methyl sites for hydroxylation is 4. The van der Waals surface area contributed by atoms with Crippen molar-refractivity contribution in [2.75, 3.05) is 27.3 Å². The number of methoxy groups -OCH3 is 2. The molecule has 0 spiro atoms. The fourth-order valence-corrected chi connectivity index (χ4v) is 9.75. The molecule has 20 nitrogen and oxygen atoms in total. The van der Waals surface area contributed by atoms with E-state index in [1.165, 1.54) is 9.13 Å². The van der Waals surface area contributed by atoms with E-state index in [0.717, 1.165) is 22.3 Å². The lowest BCUT2D eigenvalue weighted by atomic mass is 10.00. The van der Waals surface area contributed by atoms with Crippen LogP contribution in [0.25, 0.3) is 66.1 Å². The smallest absolute Gasteiger partial charge is 0.330 e. The van der Waals surface area contributed by atoms with Gasteiger partial charge in [0.1, 0.15) is 36.1 Å². The second-order valence-corrected chi connectivity index (χ2v) is 17.6. The summed E-state index contributed by atoms with van der Waals surface area (Å²) in [5, 5.41) is 15.2. The predicted octanol–water partition coefficient (Wildman–Crippen LogP) is 7.01. The highest BCUT2D eigenvalue weighted by Gasteiger charge is 2.28. The van der Waals surface area contributed by atoms with Crippen molar-refractivity contribution in [3.8, 4) is 33.8 Å². The van der Waals surface area contributed by atoms with Crippen LogP contribution >= 0.6 is 0 Å². The fraction of sp³-hybridized carbons (Fsp3) is 0.269. The molecule has 8 aromatic heterocycles. The molecule has 2 unspecified atom stereocenters. The van der Waals surface area contributed by atoms with Gasteiger partial charge in [0.05, 0.1) is 106 Å². The van der Waals surface area contributed by atoms with Gasteiger partial charge in [-0.25, -0.2) is 9.59 Å². The molecule has 0 fully saturated rings. The lowest BCUT2D eigenvalue weighted by molar-refractivity contribution is -0.123. The first-order chi connectivity index (χ1) is 34.8. The van der Waals surface area contributed by atoms with Crippen LogP contribution in [0.3, 0.4) is 0 Å². The van der Waals surface area contributed by atoms with Gasteiger partial charge >= 0.3 is 11.4 Å². The average molecular weight is 975 g/mol. The summed E-state index contributed by atoms with van der Waals surface area (Å²) >= 11 is 0. The van der Waals surface area contributed by atoms with E-state index in [4.69, 9.17) is 28.5 Å². The number of rotatable bonds is 15. The lowest BCUT2D eigenvalue weighted by Gasteiger charge is -2.15. The Bertz CT molecular complexity index is 3590. The van der Waals surface area contributed by atoms with Crippen LogP contribution in [0, 0.1) is 27.7 Å². The third-order valence-electron chi connectivity index (χ3n) is 13.2. The van der Waals surface area contributed by atoms with E-state index in [0.29, 0.717) is 89.7 Å². The van der Waals surface area contributed by atoms with Crippen LogP contribution in [0.5, 0.6) is 11.5 Å². The third kappa shape index (κ3) is 7.99. The molecule has 2 amide bonds. The highest BCUT2D eigenvalue weighted by atomic mass is 16.5. The minimum absolute atomic E-state index is 0. The number of pyridine rings is 4. The van der Waals surface area contributed by atoms with Crippen LogP contribution in [0.1, 0.15) is 63.1 Å². The number of carbonyl (C=O) groups is 2. The normalized spacial score (nSPS) is 12.5. The number of amides is 2. The van der Waals surface area contributed by atoms with Gasteiger partial charge in [-0.2, -0.15) is 0 Å². The molecule has 0 saturated carbocycles. The van der Waals surface area contributed by atoms with E-state index in [1.807, 2.05) is 90.1 Å². The van der Waals surface area contributed by atoms with Crippen molar-refractivity contribution < 1.29 is 31.0 Å². The van der Waals surface area contributed by atoms with Crippen molar-refractivity contribution in [3.05, 3.63) is 141 Å². The van der Waals surface area contributed by atoms with Crippen molar-refractivity contribution in [2.45, 2.75) is 66.7 Å². The number of hydrogen-bond donors (Lipinski definition) is 2. The Balaban J connectivity index is 0.00000364. The number of nitrogens with one attached hydrogen (secondary N) is 2. The first-order valence-corrected chi connectivity index (χ1v) is 23.2. The van der Waals surface area contributed by atoms with Crippen molar-refractivity contribution in [2.24, 2.45) is 0 Å².